The zero-order chi connectivity index (χ0) is 14.9. The fraction of sp³-hybridized carbons (Fsp3) is 0.0769. The summed E-state index contributed by atoms with van der Waals surface area (Å²) in [5.74, 6) is -6.91. The van der Waals surface area contributed by atoms with Crippen LogP contribution in [0.15, 0.2) is 24.3 Å². The van der Waals surface area contributed by atoms with Crippen molar-refractivity contribution in [1.29, 1.82) is 0 Å². The number of hydrogen-bond acceptors (Lipinski definition) is 1. The molecule has 0 aliphatic rings. The molecule has 0 aliphatic carbocycles. The molecular weight excluding hydrogens is 301 g/mol. The Labute approximate surface area is 116 Å². The molecule has 106 valence electrons. The third-order valence-corrected chi connectivity index (χ3v) is 2.81. The van der Waals surface area contributed by atoms with E-state index in [9.17, 15) is 22.0 Å². The van der Waals surface area contributed by atoms with E-state index in [-0.39, 0.29) is 23.2 Å². The number of hydrogen-bond donors (Lipinski definition) is 1. The summed E-state index contributed by atoms with van der Waals surface area (Å²) >= 11 is 5.65. The minimum absolute atomic E-state index is 0.000898. The Kier molecular flexibility index (Phi) is 4.13. The maximum absolute atomic E-state index is 13.4. The van der Waals surface area contributed by atoms with Crippen molar-refractivity contribution in [3.05, 3.63) is 63.9 Å². The molecule has 2 rings (SSSR count). The van der Waals surface area contributed by atoms with Gasteiger partial charge in [0.05, 0.1) is 0 Å². The third kappa shape index (κ3) is 2.85. The van der Waals surface area contributed by atoms with Crippen molar-refractivity contribution in [3.8, 4) is 0 Å². The first-order valence-electron chi connectivity index (χ1n) is 5.41. The van der Waals surface area contributed by atoms with E-state index in [1.807, 2.05) is 0 Å². The van der Waals surface area contributed by atoms with E-state index in [2.05, 4.69) is 5.32 Å². The standard InChI is InChI=1S/C13H7ClF5N/c14-7-1-2-8(15)6(3-7)5-20-13-11(18)9(16)4-10(17)12(13)19/h1-4,20H,5H2. The Hall–Kier alpha value is -1.82. The predicted octanol–water partition coefficient (Wildman–Crippen LogP) is 4.65. The van der Waals surface area contributed by atoms with Crippen molar-refractivity contribution in [2.45, 2.75) is 6.54 Å². The van der Waals surface area contributed by atoms with E-state index in [4.69, 9.17) is 11.6 Å². The second-order valence-corrected chi connectivity index (χ2v) is 4.37. The van der Waals surface area contributed by atoms with Gasteiger partial charge in [-0.15, -0.1) is 0 Å². The second kappa shape index (κ2) is 5.66. The molecule has 7 heteroatoms. The Balaban J connectivity index is 2.30. The van der Waals surface area contributed by atoms with Gasteiger partial charge in [-0.25, -0.2) is 22.0 Å². The van der Waals surface area contributed by atoms with E-state index >= 15 is 0 Å². The lowest BCUT2D eigenvalue weighted by Gasteiger charge is -2.10. The van der Waals surface area contributed by atoms with Crippen molar-refractivity contribution < 1.29 is 22.0 Å². The highest BCUT2D eigenvalue weighted by Gasteiger charge is 2.19. The van der Waals surface area contributed by atoms with Crippen LogP contribution in [0, 0.1) is 29.1 Å². The molecule has 0 amide bonds. The molecule has 0 bridgehead atoms. The highest BCUT2D eigenvalue weighted by atomic mass is 35.5. The summed E-state index contributed by atoms with van der Waals surface area (Å²) in [6.45, 7) is -0.386. The Morgan fingerprint density at radius 3 is 2.05 bits per heavy atom. The first kappa shape index (κ1) is 14.6. The molecule has 1 nitrogen and oxygen atoms in total. The topological polar surface area (TPSA) is 12.0 Å². The Morgan fingerprint density at radius 1 is 0.850 bits per heavy atom. The van der Waals surface area contributed by atoms with Crippen molar-refractivity contribution >= 4 is 17.3 Å². The van der Waals surface area contributed by atoms with Crippen LogP contribution in [0.25, 0.3) is 0 Å². The monoisotopic (exact) mass is 307 g/mol. The van der Waals surface area contributed by atoms with Crippen LogP contribution >= 0.6 is 11.6 Å². The van der Waals surface area contributed by atoms with Gasteiger partial charge in [-0.2, -0.15) is 0 Å². The van der Waals surface area contributed by atoms with Crippen molar-refractivity contribution in [2.24, 2.45) is 0 Å². The van der Waals surface area contributed by atoms with Crippen LogP contribution in [-0.4, -0.2) is 0 Å². The molecule has 0 spiro atoms. The van der Waals surface area contributed by atoms with E-state index in [1.165, 1.54) is 12.1 Å². The molecule has 0 atom stereocenters. The van der Waals surface area contributed by atoms with Gasteiger partial charge in [-0.05, 0) is 18.2 Å². The second-order valence-electron chi connectivity index (χ2n) is 3.93. The van der Waals surface area contributed by atoms with Crippen LogP contribution < -0.4 is 5.32 Å². The number of halogens is 6. The lowest BCUT2D eigenvalue weighted by atomic mass is 10.2. The van der Waals surface area contributed by atoms with E-state index in [0.717, 1.165) is 6.07 Å². The zero-order valence-corrected chi connectivity index (χ0v) is 10.5. The maximum Gasteiger partial charge on any atom is 0.185 e. The molecule has 0 radical (unpaired) electrons. The Morgan fingerprint density at radius 2 is 1.45 bits per heavy atom. The summed E-state index contributed by atoms with van der Waals surface area (Å²) in [5, 5.41) is 2.34. The van der Waals surface area contributed by atoms with Crippen LogP contribution in [0.1, 0.15) is 5.56 Å². The smallest absolute Gasteiger partial charge is 0.185 e. The summed E-state index contributed by atoms with van der Waals surface area (Å²) in [5.41, 5.74) is -0.997. The van der Waals surface area contributed by atoms with Crippen LogP contribution in [0.4, 0.5) is 27.6 Å². The lowest BCUT2D eigenvalue weighted by Crippen LogP contribution is -2.08. The highest BCUT2D eigenvalue weighted by molar-refractivity contribution is 6.30. The summed E-state index contributed by atoms with van der Waals surface area (Å²) in [7, 11) is 0. The van der Waals surface area contributed by atoms with Crippen LogP contribution in [-0.2, 0) is 6.54 Å². The molecule has 2 aromatic rings. The molecule has 0 aliphatic heterocycles. The van der Waals surface area contributed by atoms with Gasteiger partial charge in [-0.1, -0.05) is 11.6 Å². The largest absolute Gasteiger partial charge is 0.376 e. The normalized spacial score (nSPS) is 10.7. The van der Waals surface area contributed by atoms with Crippen molar-refractivity contribution in [2.75, 3.05) is 5.32 Å². The SMILES string of the molecule is Fc1ccc(Cl)cc1CNc1c(F)c(F)cc(F)c1F. The maximum atomic E-state index is 13.4. The average molecular weight is 308 g/mol. The van der Waals surface area contributed by atoms with Crippen LogP contribution in [0.3, 0.4) is 0 Å². The molecule has 20 heavy (non-hydrogen) atoms. The van der Waals surface area contributed by atoms with Gasteiger partial charge in [0.1, 0.15) is 11.5 Å². The number of nitrogens with one attached hydrogen (secondary N) is 1. The minimum atomic E-state index is -1.58. The summed E-state index contributed by atoms with van der Waals surface area (Å²) < 4.78 is 66.1. The zero-order valence-electron chi connectivity index (χ0n) is 9.78. The molecule has 2 aromatic carbocycles. The van der Waals surface area contributed by atoms with Gasteiger partial charge in [0.25, 0.3) is 0 Å². The summed E-state index contributed by atoms with van der Waals surface area (Å²) in [4.78, 5) is 0. The molecule has 0 fully saturated rings. The fourth-order valence-electron chi connectivity index (χ4n) is 1.59. The Bertz CT molecular complexity index is 633. The molecule has 0 heterocycles. The van der Waals surface area contributed by atoms with Gasteiger partial charge in [0.2, 0.25) is 0 Å². The van der Waals surface area contributed by atoms with Gasteiger partial charge >= 0.3 is 0 Å². The van der Waals surface area contributed by atoms with Crippen molar-refractivity contribution in [3.63, 3.8) is 0 Å². The van der Waals surface area contributed by atoms with Gasteiger partial charge in [0.15, 0.2) is 23.3 Å². The quantitative estimate of drug-likeness (QED) is 0.643. The van der Waals surface area contributed by atoms with Gasteiger partial charge in [0, 0.05) is 23.2 Å². The van der Waals surface area contributed by atoms with Crippen molar-refractivity contribution in [1.82, 2.24) is 0 Å². The molecule has 0 unspecified atom stereocenters. The number of rotatable bonds is 3. The van der Waals surface area contributed by atoms with Gasteiger partial charge in [-0.3, -0.25) is 0 Å². The number of anilines is 1. The molecular formula is C13H7ClF5N. The number of benzene rings is 2. The minimum Gasteiger partial charge on any atom is -0.376 e. The van der Waals surface area contributed by atoms with E-state index in [1.54, 1.807) is 0 Å². The first-order valence-corrected chi connectivity index (χ1v) is 5.78. The molecule has 1 N–H and O–H groups in total. The third-order valence-electron chi connectivity index (χ3n) is 2.58. The molecule has 0 aromatic heterocycles. The average Bonchev–Trinajstić information content (AvgIpc) is 2.40. The van der Waals surface area contributed by atoms with Crippen LogP contribution in [0.2, 0.25) is 5.02 Å². The molecule has 0 saturated carbocycles. The predicted molar refractivity (Wildman–Crippen MR) is 65.0 cm³/mol. The lowest BCUT2D eigenvalue weighted by molar-refractivity contribution is 0.458. The summed E-state index contributed by atoms with van der Waals surface area (Å²) in [6, 6.07) is 3.69. The van der Waals surface area contributed by atoms with Gasteiger partial charge < -0.3 is 5.32 Å². The first-order chi connectivity index (χ1) is 9.40. The van der Waals surface area contributed by atoms with E-state index in [0.29, 0.717) is 0 Å². The summed E-state index contributed by atoms with van der Waals surface area (Å²) in [6.07, 6.45) is 0. The highest BCUT2D eigenvalue weighted by Crippen LogP contribution is 2.25. The fourth-order valence-corrected chi connectivity index (χ4v) is 1.79. The molecule has 0 saturated heterocycles. The van der Waals surface area contributed by atoms with E-state index < -0.39 is 34.8 Å². The van der Waals surface area contributed by atoms with Crippen LogP contribution in [0.5, 0.6) is 0 Å².